The Hall–Kier alpha value is -0.900. The fourth-order valence-corrected chi connectivity index (χ4v) is 3.12. The summed E-state index contributed by atoms with van der Waals surface area (Å²) in [5, 5.41) is 3.37. The topological polar surface area (TPSA) is 28.2 Å². The van der Waals surface area contributed by atoms with Gasteiger partial charge in [0, 0.05) is 18.5 Å². The summed E-state index contributed by atoms with van der Waals surface area (Å²) in [6.45, 7) is 1.04. The van der Waals surface area contributed by atoms with Gasteiger partial charge in [0.15, 0.2) is 0 Å². The van der Waals surface area contributed by atoms with Gasteiger partial charge in [-0.2, -0.15) is 0 Å². The van der Waals surface area contributed by atoms with E-state index in [1.165, 1.54) is 11.4 Å². The van der Waals surface area contributed by atoms with Crippen molar-refractivity contribution in [3.63, 3.8) is 0 Å². The van der Waals surface area contributed by atoms with Gasteiger partial charge in [-0.1, -0.05) is 0 Å². The number of fused-ring (bicyclic) bond motifs is 3. The third-order valence-electron chi connectivity index (χ3n) is 2.58. The lowest BCUT2D eigenvalue weighted by molar-refractivity contribution is 0.717. The van der Waals surface area contributed by atoms with E-state index in [-0.39, 0.29) is 0 Å². The SMILES string of the molecule is c1cnc2c(c1)N1CSC[C@@H]1CN2. The first kappa shape index (κ1) is 7.50. The molecule has 1 atom stereocenters. The third kappa shape index (κ3) is 1.09. The first-order valence-electron chi connectivity index (χ1n) is 4.48. The molecule has 0 amide bonds. The molecule has 1 fully saturated rings. The number of nitrogens with zero attached hydrogens (tertiary/aromatic N) is 2. The van der Waals surface area contributed by atoms with E-state index in [0.717, 1.165) is 18.2 Å². The van der Waals surface area contributed by atoms with Crippen LogP contribution in [0.25, 0.3) is 0 Å². The maximum Gasteiger partial charge on any atom is 0.149 e. The predicted molar refractivity (Wildman–Crippen MR) is 56.3 cm³/mol. The van der Waals surface area contributed by atoms with Crippen molar-refractivity contribution in [1.29, 1.82) is 0 Å². The number of anilines is 2. The molecule has 0 spiro atoms. The molecule has 4 heteroatoms. The molecule has 3 heterocycles. The van der Waals surface area contributed by atoms with Gasteiger partial charge in [-0.15, -0.1) is 11.8 Å². The molecule has 0 aliphatic carbocycles. The molecule has 0 saturated carbocycles. The molecule has 68 valence electrons. The quantitative estimate of drug-likeness (QED) is 0.674. The Balaban J connectivity index is 2.06. The van der Waals surface area contributed by atoms with Crippen LogP contribution in [-0.4, -0.2) is 29.2 Å². The first-order valence-corrected chi connectivity index (χ1v) is 5.64. The molecule has 1 aromatic rings. The van der Waals surface area contributed by atoms with Crippen LogP contribution in [0.1, 0.15) is 0 Å². The first-order chi connectivity index (χ1) is 6.45. The number of thioether (sulfide) groups is 1. The summed E-state index contributed by atoms with van der Waals surface area (Å²) in [6, 6.07) is 4.82. The number of rotatable bonds is 0. The molecule has 0 unspecified atom stereocenters. The monoisotopic (exact) mass is 193 g/mol. The van der Waals surface area contributed by atoms with E-state index in [1.54, 1.807) is 0 Å². The molecular formula is C9H11N3S. The largest absolute Gasteiger partial charge is 0.366 e. The minimum atomic E-state index is 0.668. The second kappa shape index (κ2) is 2.80. The lowest BCUT2D eigenvalue weighted by Gasteiger charge is -2.32. The van der Waals surface area contributed by atoms with Crippen molar-refractivity contribution in [3.05, 3.63) is 18.3 Å². The average Bonchev–Trinajstić information content (AvgIpc) is 2.65. The van der Waals surface area contributed by atoms with Crippen LogP contribution in [-0.2, 0) is 0 Å². The van der Waals surface area contributed by atoms with Crippen molar-refractivity contribution in [2.75, 3.05) is 28.4 Å². The zero-order valence-electron chi connectivity index (χ0n) is 7.23. The molecule has 1 saturated heterocycles. The molecule has 0 bridgehead atoms. The Labute approximate surface area is 81.5 Å². The molecule has 2 aliphatic heterocycles. The number of nitrogens with one attached hydrogen (secondary N) is 1. The maximum absolute atomic E-state index is 4.32. The highest BCUT2D eigenvalue weighted by Gasteiger charge is 2.30. The zero-order valence-corrected chi connectivity index (χ0v) is 8.05. The van der Waals surface area contributed by atoms with Gasteiger partial charge in [0.05, 0.1) is 17.6 Å². The van der Waals surface area contributed by atoms with Crippen LogP contribution in [0, 0.1) is 0 Å². The fraction of sp³-hybridized carbons (Fsp3) is 0.444. The van der Waals surface area contributed by atoms with Crippen LogP contribution < -0.4 is 10.2 Å². The van der Waals surface area contributed by atoms with Gasteiger partial charge >= 0.3 is 0 Å². The lowest BCUT2D eigenvalue weighted by Crippen LogP contribution is -2.41. The average molecular weight is 193 g/mol. The van der Waals surface area contributed by atoms with Crippen LogP contribution >= 0.6 is 11.8 Å². The summed E-state index contributed by atoms with van der Waals surface area (Å²) in [5.74, 6) is 3.40. The van der Waals surface area contributed by atoms with Gasteiger partial charge < -0.3 is 10.2 Å². The second-order valence-electron chi connectivity index (χ2n) is 3.38. The summed E-state index contributed by atoms with van der Waals surface area (Å²) in [4.78, 5) is 6.77. The normalized spacial score (nSPS) is 24.9. The second-order valence-corrected chi connectivity index (χ2v) is 4.38. The van der Waals surface area contributed by atoms with Crippen molar-refractivity contribution in [1.82, 2.24) is 4.98 Å². The summed E-state index contributed by atoms with van der Waals surface area (Å²) in [5.41, 5.74) is 1.27. The van der Waals surface area contributed by atoms with Crippen LogP contribution in [0.3, 0.4) is 0 Å². The Bertz CT molecular complexity index is 328. The molecule has 3 rings (SSSR count). The smallest absolute Gasteiger partial charge is 0.149 e. The molecule has 2 aliphatic rings. The molecule has 3 nitrogen and oxygen atoms in total. The van der Waals surface area contributed by atoms with E-state index < -0.39 is 0 Å². The minimum absolute atomic E-state index is 0.668. The van der Waals surface area contributed by atoms with Crippen molar-refractivity contribution in [3.8, 4) is 0 Å². The van der Waals surface area contributed by atoms with Gasteiger partial charge in [-0.25, -0.2) is 4.98 Å². The van der Waals surface area contributed by atoms with Crippen molar-refractivity contribution in [2.45, 2.75) is 6.04 Å². The Morgan fingerprint density at radius 2 is 2.62 bits per heavy atom. The van der Waals surface area contributed by atoms with Gasteiger partial charge in [0.25, 0.3) is 0 Å². The van der Waals surface area contributed by atoms with Gasteiger partial charge in [-0.05, 0) is 12.1 Å². The number of hydrogen-bond donors (Lipinski definition) is 1. The summed E-state index contributed by atoms with van der Waals surface area (Å²) in [6.07, 6.45) is 1.84. The molecular weight excluding hydrogens is 182 g/mol. The van der Waals surface area contributed by atoms with Gasteiger partial charge in [0.2, 0.25) is 0 Å². The van der Waals surface area contributed by atoms with E-state index in [1.807, 2.05) is 24.0 Å². The highest BCUT2D eigenvalue weighted by Crippen LogP contribution is 2.35. The number of pyridine rings is 1. The van der Waals surface area contributed by atoms with Crippen molar-refractivity contribution < 1.29 is 0 Å². The van der Waals surface area contributed by atoms with Crippen LogP contribution in [0.15, 0.2) is 18.3 Å². The summed E-state index contributed by atoms with van der Waals surface area (Å²) >= 11 is 2.00. The van der Waals surface area contributed by atoms with Crippen LogP contribution in [0.5, 0.6) is 0 Å². The highest BCUT2D eigenvalue weighted by molar-refractivity contribution is 7.99. The van der Waals surface area contributed by atoms with Crippen LogP contribution in [0.4, 0.5) is 11.5 Å². The molecule has 0 aromatic carbocycles. The van der Waals surface area contributed by atoms with Crippen molar-refractivity contribution in [2.24, 2.45) is 0 Å². The van der Waals surface area contributed by atoms with Gasteiger partial charge in [-0.3, -0.25) is 0 Å². The van der Waals surface area contributed by atoms with E-state index in [0.29, 0.717) is 6.04 Å². The molecule has 1 aromatic heterocycles. The van der Waals surface area contributed by atoms with E-state index in [2.05, 4.69) is 21.3 Å². The van der Waals surface area contributed by atoms with E-state index >= 15 is 0 Å². The zero-order chi connectivity index (χ0) is 8.67. The van der Waals surface area contributed by atoms with Crippen LogP contribution in [0.2, 0.25) is 0 Å². The molecule has 0 radical (unpaired) electrons. The van der Waals surface area contributed by atoms with E-state index in [4.69, 9.17) is 0 Å². The Morgan fingerprint density at radius 1 is 1.62 bits per heavy atom. The molecule has 13 heavy (non-hydrogen) atoms. The third-order valence-corrected chi connectivity index (χ3v) is 3.66. The maximum atomic E-state index is 4.32. The number of aromatic nitrogens is 1. The fourth-order valence-electron chi connectivity index (χ4n) is 1.90. The summed E-state index contributed by atoms with van der Waals surface area (Å²) in [7, 11) is 0. The molecule has 1 N–H and O–H groups in total. The highest BCUT2D eigenvalue weighted by atomic mass is 32.2. The van der Waals surface area contributed by atoms with Crippen molar-refractivity contribution >= 4 is 23.3 Å². The number of hydrogen-bond acceptors (Lipinski definition) is 4. The summed E-state index contributed by atoms with van der Waals surface area (Å²) < 4.78 is 0. The standard InChI is InChI=1S/C9H11N3S/c1-2-8-9(10-3-1)11-4-7-5-13-6-12(7)8/h1-3,7H,4-6H2,(H,10,11)/t7-/m0/s1. The Morgan fingerprint density at radius 3 is 3.62 bits per heavy atom. The Kier molecular flexibility index (Phi) is 1.62. The minimum Gasteiger partial charge on any atom is -0.366 e. The lowest BCUT2D eigenvalue weighted by atomic mass is 10.2. The predicted octanol–water partition coefficient (Wildman–Crippen LogP) is 1.39. The van der Waals surface area contributed by atoms with E-state index in [9.17, 15) is 0 Å². The van der Waals surface area contributed by atoms with Gasteiger partial charge in [0.1, 0.15) is 5.82 Å².